The number of nitrogens with one attached hydrogen (secondary N) is 1. The second-order valence-corrected chi connectivity index (χ2v) is 8.06. The molecule has 3 amide bonds. The van der Waals surface area contributed by atoms with E-state index in [1.54, 1.807) is 17.3 Å². The van der Waals surface area contributed by atoms with Gasteiger partial charge in [0.1, 0.15) is 0 Å². The van der Waals surface area contributed by atoms with Crippen molar-refractivity contribution in [3.8, 4) is 0 Å². The maximum Gasteiger partial charge on any atom is 0.490 e. The van der Waals surface area contributed by atoms with Gasteiger partial charge in [-0.25, -0.2) is 4.79 Å². The molecule has 2 aliphatic heterocycles. The van der Waals surface area contributed by atoms with Crippen molar-refractivity contribution in [1.29, 1.82) is 0 Å². The van der Waals surface area contributed by atoms with Gasteiger partial charge < -0.3 is 20.2 Å². The monoisotopic (exact) mass is 472 g/mol. The third-order valence-corrected chi connectivity index (χ3v) is 5.75. The molecule has 12 heteroatoms. The van der Waals surface area contributed by atoms with Gasteiger partial charge in [-0.1, -0.05) is 0 Å². The van der Waals surface area contributed by atoms with Crippen LogP contribution in [0.5, 0.6) is 0 Å². The lowest BCUT2D eigenvalue weighted by Crippen LogP contribution is -2.54. The van der Waals surface area contributed by atoms with Crippen molar-refractivity contribution < 1.29 is 37.5 Å². The number of aliphatic carboxylic acids is 1. The van der Waals surface area contributed by atoms with Crippen LogP contribution in [0.15, 0.2) is 24.5 Å². The van der Waals surface area contributed by atoms with Crippen LogP contribution in [-0.2, 0) is 25.7 Å². The van der Waals surface area contributed by atoms with Crippen LogP contribution >= 0.6 is 0 Å². The number of rotatable bonds is 4. The highest BCUT2D eigenvalue weighted by atomic mass is 19.4. The average Bonchev–Trinajstić information content (AvgIpc) is 2.76. The van der Waals surface area contributed by atoms with Crippen LogP contribution in [0, 0.1) is 5.41 Å². The predicted molar refractivity (Wildman–Crippen MR) is 110 cm³/mol. The number of alkyl halides is 3. The number of carbonyl (C=O) groups excluding carboxylic acids is 3. The van der Waals surface area contributed by atoms with Gasteiger partial charge in [0.25, 0.3) is 0 Å². The van der Waals surface area contributed by atoms with E-state index < -0.39 is 12.1 Å². The lowest BCUT2D eigenvalue weighted by Gasteiger charge is -2.46. The molecule has 33 heavy (non-hydrogen) atoms. The molecule has 182 valence electrons. The highest BCUT2D eigenvalue weighted by Crippen LogP contribution is 2.41. The van der Waals surface area contributed by atoms with Gasteiger partial charge in [-0.05, 0) is 43.4 Å². The van der Waals surface area contributed by atoms with E-state index in [1.807, 2.05) is 17.0 Å². The van der Waals surface area contributed by atoms with Crippen molar-refractivity contribution in [3.63, 3.8) is 0 Å². The van der Waals surface area contributed by atoms with Gasteiger partial charge in [0.2, 0.25) is 17.7 Å². The Balaban J connectivity index is 0.000000479. The third-order valence-electron chi connectivity index (χ3n) is 5.75. The van der Waals surface area contributed by atoms with Gasteiger partial charge in [-0.3, -0.25) is 19.4 Å². The third kappa shape index (κ3) is 7.43. The van der Waals surface area contributed by atoms with Crippen molar-refractivity contribution in [3.05, 3.63) is 30.1 Å². The van der Waals surface area contributed by atoms with E-state index in [4.69, 9.17) is 9.90 Å². The Labute approximate surface area is 188 Å². The lowest BCUT2D eigenvalue weighted by atomic mass is 9.71. The Kier molecular flexibility index (Phi) is 8.77. The lowest BCUT2D eigenvalue weighted by molar-refractivity contribution is -0.192. The molecule has 1 aromatic heterocycles. The van der Waals surface area contributed by atoms with Gasteiger partial charge in [0, 0.05) is 45.5 Å². The number of hydrogen-bond donors (Lipinski definition) is 2. The van der Waals surface area contributed by atoms with Crippen LogP contribution in [0.4, 0.5) is 13.2 Å². The van der Waals surface area contributed by atoms with Gasteiger partial charge in [-0.15, -0.1) is 0 Å². The quantitative estimate of drug-likeness (QED) is 0.687. The Morgan fingerprint density at radius 2 is 1.70 bits per heavy atom. The summed E-state index contributed by atoms with van der Waals surface area (Å²) in [5.74, 6) is -2.82. The number of carboxylic acids is 1. The van der Waals surface area contributed by atoms with Crippen LogP contribution in [0.2, 0.25) is 0 Å². The number of aromatic nitrogens is 1. The maximum absolute atomic E-state index is 13.1. The molecule has 2 aliphatic rings. The molecular weight excluding hydrogens is 445 g/mol. The number of carbonyl (C=O) groups is 4. The molecule has 0 bridgehead atoms. The summed E-state index contributed by atoms with van der Waals surface area (Å²) in [6.45, 7) is 3.99. The number of pyridine rings is 1. The minimum atomic E-state index is -5.08. The van der Waals surface area contributed by atoms with Gasteiger partial charge in [0.15, 0.2) is 0 Å². The van der Waals surface area contributed by atoms with Gasteiger partial charge in [0.05, 0.1) is 12.0 Å². The molecule has 9 nitrogen and oxygen atoms in total. The molecule has 0 radical (unpaired) electrons. The molecule has 0 aliphatic carbocycles. The summed E-state index contributed by atoms with van der Waals surface area (Å²) in [6.07, 6.45) is 1.70. The molecule has 2 N–H and O–H groups in total. The van der Waals surface area contributed by atoms with Crippen molar-refractivity contribution in [2.75, 3.05) is 26.2 Å². The van der Waals surface area contributed by atoms with Crippen LogP contribution < -0.4 is 5.32 Å². The summed E-state index contributed by atoms with van der Waals surface area (Å²) in [7, 11) is 0. The van der Waals surface area contributed by atoms with Crippen molar-refractivity contribution >= 4 is 23.7 Å². The highest BCUT2D eigenvalue weighted by molar-refractivity contribution is 5.85. The van der Waals surface area contributed by atoms with Crippen molar-refractivity contribution in [2.45, 2.75) is 45.3 Å². The number of carboxylic acid groups (broad SMARTS) is 1. The van der Waals surface area contributed by atoms with Crippen LogP contribution in [-0.4, -0.2) is 75.9 Å². The number of likely N-dealkylation sites (tertiary alicyclic amines) is 2. The minimum Gasteiger partial charge on any atom is -0.475 e. The number of halogens is 3. The molecule has 0 atom stereocenters. The summed E-state index contributed by atoms with van der Waals surface area (Å²) < 4.78 is 31.7. The molecule has 0 saturated carbocycles. The number of hydrogen-bond acceptors (Lipinski definition) is 5. The van der Waals surface area contributed by atoms with Crippen LogP contribution in [0.25, 0.3) is 0 Å². The largest absolute Gasteiger partial charge is 0.490 e. The number of nitrogens with zero attached hydrogens (tertiary/aromatic N) is 3. The zero-order valence-corrected chi connectivity index (χ0v) is 18.2. The van der Waals surface area contributed by atoms with Crippen molar-refractivity contribution in [2.24, 2.45) is 5.41 Å². The normalized spacial score (nSPS) is 17.8. The van der Waals surface area contributed by atoms with E-state index in [-0.39, 0.29) is 29.7 Å². The van der Waals surface area contributed by atoms with Gasteiger partial charge in [-0.2, -0.15) is 13.2 Å². The second kappa shape index (κ2) is 11.1. The number of amides is 3. The van der Waals surface area contributed by atoms with E-state index in [9.17, 15) is 27.6 Å². The molecule has 1 aromatic rings. The van der Waals surface area contributed by atoms with E-state index in [1.165, 1.54) is 6.92 Å². The fourth-order valence-corrected chi connectivity index (χ4v) is 3.97. The smallest absolute Gasteiger partial charge is 0.475 e. The average molecular weight is 472 g/mol. The Hall–Kier alpha value is -3.18. The summed E-state index contributed by atoms with van der Waals surface area (Å²) in [6, 6.07) is 3.88. The van der Waals surface area contributed by atoms with E-state index in [0.29, 0.717) is 32.5 Å². The summed E-state index contributed by atoms with van der Waals surface area (Å²) >= 11 is 0. The zero-order chi connectivity index (χ0) is 24.6. The SMILES string of the molecule is CC(=O)NCC(=O)N1CCC2(CCCN(Cc3ccncc3)C2=O)CC1.O=C(O)C(F)(F)F. The Morgan fingerprint density at radius 1 is 1.12 bits per heavy atom. The zero-order valence-electron chi connectivity index (χ0n) is 18.2. The van der Waals surface area contributed by atoms with Crippen LogP contribution in [0.1, 0.15) is 38.2 Å². The predicted octanol–water partition coefficient (Wildman–Crippen LogP) is 1.58. The number of piperidine rings is 2. The molecule has 3 heterocycles. The fourth-order valence-electron chi connectivity index (χ4n) is 3.97. The van der Waals surface area contributed by atoms with Crippen LogP contribution in [0.3, 0.4) is 0 Å². The Bertz CT molecular complexity index is 855. The molecule has 2 saturated heterocycles. The van der Waals surface area contributed by atoms with Gasteiger partial charge >= 0.3 is 12.1 Å². The van der Waals surface area contributed by atoms with Crippen molar-refractivity contribution in [1.82, 2.24) is 20.1 Å². The molecule has 0 aromatic carbocycles. The molecule has 0 unspecified atom stereocenters. The van der Waals surface area contributed by atoms with E-state index >= 15 is 0 Å². The van der Waals surface area contributed by atoms with E-state index in [0.717, 1.165) is 24.9 Å². The first-order valence-electron chi connectivity index (χ1n) is 10.5. The standard InChI is InChI=1S/C19H26N4O3.C2HF3O2/c1-15(24)21-13-17(25)22-11-6-19(7-12-22)5-2-10-23(18(19)26)14-16-3-8-20-9-4-16;3-2(4,5)1(6)7/h3-4,8-9H,2,5-7,10-14H2,1H3,(H,21,24);(H,6,7). The Morgan fingerprint density at radius 3 is 2.21 bits per heavy atom. The first-order chi connectivity index (χ1) is 15.4. The highest BCUT2D eigenvalue weighted by Gasteiger charge is 2.46. The molecule has 2 fully saturated rings. The second-order valence-electron chi connectivity index (χ2n) is 8.06. The molecule has 1 spiro atoms. The topological polar surface area (TPSA) is 120 Å². The first-order valence-corrected chi connectivity index (χ1v) is 10.5. The summed E-state index contributed by atoms with van der Waals surface area (Å²) in [5, 5.41) is 9.67. The van der Waals surface area contributed by atoms with E-state index in [2.05, 4.69) is 10.3 Å². The summed E-state index contributed by atoms with van der Waals surface area (Å²) in [5.41, 5.74) is 0.754. The minimum absolute atomic E-state index is 0.0322. The molecular formula is C21H27F3N4O5. The maximum atomic E-state index is 13.1. The summed E-state index contributed by atoms with van der Waals surface area (Å²) in [4.78, 5) is 52.9. The first kappa shape index (κ1) is 26.1. The molecule has 3 rings (SSSR count). The fraction of sp³-hybridized carbons (Fsp3) is 0.571.